The minimum Gasteiger partial charge on any atom is -0.351 e. The molecule has 0 bridgehead atoms. The molecule has 2 fully saturated rings. The topological polar surface area (TPSA) is 66.4 Å². The van der Waals surface area contributed by atoms with Crippen LogP contribution >= 0.6 is 0 Å². The number of likely N-dealkylation sites (N-methyl/N-ethyl adjacent to an activating group) is 1. The number of sulfonamides is 1. The van der Waals surface area contributed by atoms with E-state index in [2.05, 4.69) is 9.97 Å². The number of hydrogen-bond donors (Lipinski definition) is 0. The smallest absolute Gasteiger partial charge is 0.217 e. The van der Waals surface area contributed by atoms with Gasteiger partial charge in [0.15, 0.2) is 11.6 Å². The number of hydrogen-bond acceptors (Lipinski definition) is 5. The summed E-state index contributed by atoms with van der Waals surface area (Å²) in [5.74, 6) is -0.248. The van der Waals surface area contributed by atoms with Crippen LogP contribution < -0.4 is 4.90 Å². The van der Waals surface area contributed by atoms with Crippen molar-refractivity contribution in [1.82, 2.24) is 14.3 Å². The van der Waals surface area contributed by atoms with Gasteiger partial charge in [0, 0.05) is 25.7 Å². The van der Waals surface area contributed by atoms with Crippen LogP contribution in [0.2, 0.25) is 0 Å². The Morgan fingerprint density at radius 2 is 1.84 bits per heavy atom. The Kier molecular flexibility index (Phi) is 3.96. The molecule has 0 amide bonds. The van der Waals surface area contributed by atoms with E-state index in [0.717, 1.165) is 12.8 Å². The quantitative estimate of drug-likeness (QED) is 0.813. The normalized spacial score (nSPS) is 18.4. The molecule has 0 atom stereocenters. The molecule has 0 unspecified atom stereocenters. The Bertz CT molecular complexity index is 881. The standard InChI is InChI=1S/C17H19FN4O2S/c1-21(25(23,24)14-7-8-14)13-9-22(10-13)17-15(18)16(19-11-20-17)12-5-3-2-4-6-12/h2-6,11,13-14H,7-10H2,1H3. The second-order valence-electron chi connectivity index (χ2n) is 6.55. The van der Waals surface area contributed by atoms with Crippen LogP contribution in [0.25, 0.3) is 11.3 Å². The van der Waals surface area contributed by atoms with Crippen molar-refractivity contribution in [1.29, 1.82) is 0 Å². The number of anilines is 1. The molecule has 1 aromatic carbocycles. The minimum atomic E-state index is -3.21. The first-order chi connectivity index (χ1) is 12.0. The van der Waals surface area contributed by atoms with Gasteiger partial charge in [0.25, 0.3) is 0 Å². The number of benzene rings is 1. The van der Waals surface area contributed by atoms with Crippen molar-refractivity contribution in [2.24, 2.45) is 0 Å². The lowest BCUT2D eigenvalue weighted by Gasteiger charge is -2.44. The third kappa shape index (κ3) is 2.89. The van der Waals surface area contributed by atoms with Crippen LogP contribution in [0.5, 0.6) is 0 Å². The van der Waals surface area contributed by atoms with Gasteiger partial charge in [-0.2, -0.15) is 4.31 Å². The molecular formula is C17H19FN4O2S. The maximum Gasteiger partial charge on any atom is 0.217 e. The van der Waals surface area contributed by atoms with Crippen LogP contribution in [0.3, 0.4) is 0 Å². The molecule has 1 aromatic heterocycles. The molecule has 8 heteroatoms. The van der Waals surface area contributed by atoms with Crippen LogP contribution in [0.4, 0.5) is 10.2 Å². The van der Waals surface area contributed by atoms with E-state index in [4.69, 9.17) is 0 Å². The number of halogens is 1. The van der Waals surface area contributed by atoms with E-state index in [1.807, 2.05) is 18.2 Å². The lowest BCUT2D eigenvalue weighted by atomic mass is 10.1. The van der Waals surface area contributed by atoms with Crippen molar-refractivity contribution >= 4 is 15.8 Å². The average molecular weight is 362 g/mol. The number of nitrogens with zero attached hydrogens (tertiary/aromatic N) is 4. The minimum absolute atomic E-state index is 0.139. The van der Waals surface area contributed by atoms with Crippen LogP contribution in [0.15, 0.2) is 36.7 Å². The highest BCUT2D eigenvalue weighted by Gasteiger charge is 2.44. The molecule has 2 aliphatic rings. The van der Waals surface area contributed by atoms with Crippen LogP contribution in [0.1, 0.15) is 12.8 Å². The van der Waals surface area contributed by atoms with E-state index in [1.165, 1.54) is 10.6 Å². The highest BCUT2D eigenvalue weighted by molar-refractivity contribution is 7.90. The van der Waals surface area contributed by atoms with Crippen LogP contribution in [0, 0.1) is 5.82 Å². The summed E-state index contributed by atoms with van der Waals surface area (Å²) in [5.41, 5.74) is 0.946. The maximum atomic E-state index is 14.8. The van der Waals surface area contributed by atoms with E-state index in [0.29, 0.717) is 18.7 Å². The first kappa shape index (κ1) is 16.4. The fraction of sp³-hybridized carbons (Fsp3) is 0.412. The SMILES string of the molecule is CN(C1CN(c2ncnc(-c3ccccc3)c2F)C1)S(=O)(=O)C1CC1. The molecule has 2 aromatic rings. The van der Waals surface area contributed by atoms with Crippen LogP contribution in [-0.4, -0.2) is 54.1 Å². The summed E-state index contributed by atoms with van der Waals surface area (Å²) in [5, 5.41) is -0.230. The van der Waals surface area contributed by atoms with E-state index in [1.54, 1.807) is 24.1 Å². The molecule has 1 saturated carbocycles. The van der Waals surface area contributed by atoms with Gasteiger partial charge in [0.1, 0.15) is 12.0 Å². The van der Waals surface area contributed by atoms with Gasteiger partial charge < -0.3 is 4.90 Å². The summed E-state index contributed by atoms with van der Waals surface area (Å²) < 4.78 is 40.8. The molecule has 2 heterocycles. The van der Waals surface area contributed by atoms with Crippen molar-refractivity contribution in [2.75, 3.05) is 25.0 Å². The van der Waals surface area contributed by atoms with Crippen molar-refractivity contribution in [3.8, 4) is 11.3 Å². The third-order valence-electron chi connectivity index (χ3n) is 4.84. The predicted octanol–water partition coefficient (Wildman–Crippen LogP) is 1.90. The summed E-state index contributed by atoms with van der Waals surface area (Å²) in [6, 6.07) is 8.97. The zero-order chi connectivity index (χ0) is 17.6. The Balaban J connectivity index is 1.51. The first-order valence-electron chi connectivity index (χ1n) is 8.26. The lowest BCUT2D eigenvalue weighted by Crippen LogP contribution is -2.60. The lowest BCUT2D eigenvalue weighted by molar-refractivity contribution is 0.307. The van der Waals surface area contributed by atoms with E-state index >= 15 is 0 Å². The molecule has 0 N–H and O–H groups in total. The molecule has 0 spiro atoms. The average Bonchev–Trinajstić information content (AvgIpc) is 3.41. The summed E-state index contributed by atoms with van der Waals surface area (Å²) in [7, 11) is -1.60. The Morgan fingerprint density at radius 3 is 2.48 bits per heavy atom. The second kappa shape index (κ2) is 6.03. The van der Waals surface area contributed by atoms with E-state index in [9.17, 15) is 12.8 Å². The molecule has 0 radical (unpaired) electrons. The zero-order valence-electron chi connectivity index (χ0n) is 13.8. The van der Waals surface area contributed by atoms with Gasteiger partial charge in [0.2, 0.25) is 10.0 Å². The van der Waals surface area contributed by atoms with Crippen LogP contribution in [-0.2, 0) is 10.0 Å². The largest absolute Gasteiger partial charge is 0.351 e. The Morgan fingerprint density at radius 1 is 1.16 bits per heavy atom. The molecule has 1 aliphatic heterocycles. The highest BCUT2D eigenvalue weighted by atomic mass is 32.2. The third-order valence-corrected chi connectivity index (χ3v) is 7.26. The molecule has 1 aliphatic carbocycles. The number of rotatable bonds is 5. The first-order valence-corrected chi connectivity index (χ1v) is 9.76. The second-order valence-corrected chi connectivity index (χ2v) is 8.82. The van der Waals surface area contributed by atoms with Gasteiger partial charge in [0.05, 0.1) is 11.3 Å². The summed E-state index contributed by atoms with van der Waals surface area (Å²) in [4.78, 5) is 9.87. The van der Waals surface area contributed by atoms with Gasteiger partial charge in [-0.05, 0) is 12.8 Å². The van der Waals surface area contributed by atoms with Gasteiger partial charge in [-0.1, -0.05) is 30.3 Å². The van der Waals surface area contributed by atoms with Crippen molar-refractivity contribution < 1.29 is 12.8 Å². The molecule has 25 heavy (non-hydrogen) atoms. The molecule has 132 valence electrons. The van der Waals surface area contributed by atoms with Gasteiger partial charge in [-0.25, -0.2) is 22.8 Å². The highest BCUT2D eigenvalue weighted by Crippen LogP contribution is 2.34. The Labute approximate surface area is 146 Å². The maximum absolute atomic E-state index is 14.8. The molecular weight excluding hydrogens is 343 g/mol. The summed E-state index contributed by atoms with van der Waals surface area (Å²) in [6.45, 7) is 0.870. The fourth-order valence-corrected chi connectivity index (χ4v) is 4.80. The van der Waals surface area contributed by atoms with Gasteiger partial charge in [-0.15, -0.1) is 0 Å². The Hall–Kier alpha value is -2.06. The van der Waals surface area contributed by atoms with Gasteiger partial charge >= 0.3 is 0 Å². The van der Waals surface area contributed by atoms with Crippen molar-refractivity contribution in [2.45, 2.75) is 24.1 Å². The van der Waals surface area contributed by atoms with Crippen molar-refractivity contribution in [3.05, 3.63) is 42.5 Å². The summed E-state index contributed by atoms with van der Waals surface area (Å²) in [6.07, 6.45) is 2.83. The molecule has 1 saturated heterocycles. The van der Waals surface area contributed by atoms with E-state index < -0.39 is 15.8 Å². The molecule has 4 rings (SSSR count). The zero-order valence-corrected chi connectivity index (χ0v) is 14.7. The van der Waals surface area contributed by atoms with Crippen molar-refractivity contribution in [3.63, 3.8) is 0 Å². The fourth-order valence-electron chi connectivity index (χ4n) is 3.05. The summed E-state index contributed by atoms with van der Waals surface area (Å²) >= 11 is 0. The number of aromatic nitrogens is 2. The van der Waals surface area contributed by atoms with Gasteiger partial charge in [-0.3, -0.25) is 0 Å². The molecule has 6 nitrogen and oxygen atoms in total. The van der Waals surface area contributed by atoms with E-state index in [-0.39, 0.29) is 22.8 Å². The predicted molar refractivity (Wildman–Crippen MR) is 93.1 cm³/mol. The monoisotopic (exact) mass is 362 g/mol.